The van der Waals surface area contributed by atoms with Crippen LogP contribution in [0.15, 0.2) is 42.5 Å². The Labute approximate surface area is 190 Å². The molecule has 33 heavy (non-hydrogen) atoms. The van der Waals surface area contributed by atoms with E-state index >= 15 is 0 Å². The first-order valence-electron chi connectivity index (χ1n) is 11.6. The van der Waals surface area contributed by atoms with Crippen LogP contribution in [0, 0.1) is 5.92 Å². The highest BCUT2D eigenvalue weighted by atomic mass is 16.2. The van der Waals surface area contributed by atoms with Crippen LogP contribution >= 0.6 is 0 Å². The third-order valence-electron chi connectivity index (χ3n) is 7.13. The number of benzene rings is 1. The summed E-state index contributed by atoms with van der Waals surface area (Å²) in [5, 5.41) is 18.9. The average molecular weight is 447 g/mol. The molecular weight excluding hydrogens is 420 g/mol. The molecular formula is C23H26N8O2. The summed E-state index contributed by atoms with van der Waals surface area (Å²) in [6.07, 6.45) is 2.92. The molecule has 3 aromatic rings. The lowest BCUT2D eigenvalue weighted by molar-refractivity contribution is -0.128. The van der Waals surface area contributed by atoms with Crippen LogP contribution in [-0.4, -0.2) is 73.7 Å². The maximum atomic E-state index is 12.9. The second-order valence-electron chi connectivity index (χ2n) is 9.26. The van der Waals surface area contributed by atoms with Gasteiger partial charge in [0.25, 0.3) is 0 Å². The maximum absolute atomic E-state index is 12.9. The average Bonchev–Trinajstić information content (AvgIpc) is 3.35. The second-order valence-corrected chi connectivity index (χ2v) is 9.26. The summed E-state index contributed by atoms with van der Waals surface area (Å²) in [5.41, 5.74) is 1.90. The quantitative estimate of drug-likeness (QED) is 0.623. The Bertz CT molecular complexity index is 1170. The van der Waals surface area contributed by atoms with Crippen LogP contribution in [0.1, 0.15) is 37.2 Å². The van der Waals surface area contributed by atoms with Crippen molar-refractivity contribution < 1.29 is 9.59 Å². The predicted molar refractivity (Wildman–Crippen MR) is 119 cm³/mol. The molecule has 0 radical (unpaired) electrons. The Hall–Kier alpha value is -3.56. The van der Waals surface area contributed by atoms with E-state index in [4.69, 9.17) is 0 Å². The molecule has 2 aliphatic heterocycles. The van der Waals surface area contributed by atoms with Crippen molar-refractivity contribution in [1.82, 2.24) is 35.5 Å². The number of carbonyl (C=O) groups excluding carboxylic acids is 2. The van der Waals surface area contributed by atoms with Gasteiger partial charge >= 0.3 is 0 Å². The number of rotatable bonds is 5. The summed E-state index contributed by atoms with van der Waals surface area (Å²) >= 11 is 0. The molecule has 0 bridgehead atoms. The van der Waals surface area contributed by atoms with Gasteiger partial charge in [0.15, 0.2) is 11.5 Å². The molecule has 2 aromatic heterocycles. The highest BCUT2D eigenvalue weighted by molar-refractivity contribution is 5.84. The standard InChI is InChI=1S/C23H26N8O2/c32-22-12-17(14-30(22)19-13-18(19)15-4-2-1-3-5-15)24-23(33)16-8-10-29(11-9-16)21-7-6-20-25-27-28-31(20)26-21/h1-7,16-19H,8-14H2,(H,24,33). The lowest BCUT2D eigenvalue weighted by atomic mass is 9.95. The number of hydrogen-bond donors (Lipinski definition) is 1. The zero-order valence-electron chi connectivity index (χ0n) is 18.2. The molecule has 3 fully saturated rings. The minimum Gasteiger partial charge on any atom is -0.355 e. The lowest BCUT2D eigenvalue weighted by Crippen LogP contribution is -2.45. The van der Waals surface area contributed by atoms with Gasteiger partial charge in [0.2, 0.25) is 11.8 Å². The Morgan fingerprint density at radius 2 is 1.88 bits per heavy atom. The number of amides is 2. The topological polar surface area (TPSA) is 109 Å². The maximum Gasteiger partial charge on any atom is 0.225 e. The Morgan fingerprint density at radius 1 is 1.06 bits per heavy atom. The Morgan fingerprint density at radius 3 is 2.70 bits per heavy atom. The van der Waals surface area contributed by atoms with Crippen molar-refractivity contribution in [3.8, 4) is 0 Å². The minimum atomic E-state index is -0.0936. The molecule has 4 heterocycles. The lowest BCUT2D eigenvalue weighted by Gasteiger charge is -2.32. The number of anilines is 1. The molecule has 1 saturated carbocycles. The molecule has 2 saturated heterocycles. The molecule has 1 aliphatic carbocycles. The fraction of sp³-hybridized carbons (Fsp3) is 0.478. The third kappa shape index (κ3) is 3.90. The molecule has 6 rings (SSSR count). The van der Waals surface area contributed by atoms with E-state index in [-0.39, 0.29) is 29.8 Å². The third-order valence-corrected chi connectivity index (χ3v) is 7.13. The largest absolute Gasteiger partial charge is 0.355 e. The van der Waals surface area contributed by atoms with Crippen molar-refractivity contribution >= 4 is 23.3 Å². The summed E-state index contributed by atoms with van der Waals surface area (Å²) in [6, 6.07) is 14.3. The van der Waals surface area contributed by atoms with E-state index in [1.165, 1.54) is 10.2 Å². The van der Waals surface area contributed by atoms with Crippen LogP contribution in [0.25, 0.3) is 5.65 Å². The summed E-state index contributed by atoms with van der Waals surface area (Å²) in [4.78, 5) is 29.7. The second kappa shape index (κ2) is 8.09. The van der Waals surface area contributed by atoms with Gasteiger partial charge in [0.05, 0.1) is 6.04 Å². The van der Waals surface area contributed by atoms with E-state index in [2.05, 4.69) is 43.0 Å². The van der Waals surface area contributed by atoms with Crippen LogP contribution in [0.5, 0.6) is 0 Å². The molecule has 3 atom stereocenters. The van der Waals surface area contributed by atoms with Crippen molar-refractivity contribution in [1.29, 1.82) is 0 Å². The monoisotopic (exact) mass is 446 g/mol. The van der Waals surface area contributed by atoms with E-state index < -0.39 is 0 Å². The fourth-order valence-electron chi connectivity index (χ4n) is 5.23. The van der Waals surface area contributed by atoms with Crippen LogP contribution < -0.4 is 10.2 Å². The highest BCUT2D eigenvalue weighted by Gasteiger charge is 2.48. The summed E-state index contributed by atoms with van der Waals surface area (Å²) in [6.45, 7) is 2.11. The van der Waals surface area contributed by atoms with Gasteiger partial charge in [-0.2, -0.15) is 0 Å². The number of carbonyl (C=O) groups is 2. The molecule has 2 amide bonds. The summed E-state index contributed by atoms with van der Waals surface area (Å²) < 4.78 is 1.42. The number of likely N-dealkylation sites (tertiary alicyclic amines) is 1. The minimum absolute atomic E-state index is 0.0415. The molecule has 0 spiro atoms. The van der Waals surface area contributed by atoms with E-state index in [1.54, 1.807) is 0 Å². The smallest absolute Gasteiger partial charge is 0.225 e. The summed E-state index contributed by atoms with van der Waals surface area (Å²) in [7, 11) is 0. The van der Waals surface area contributed by atoms with Gasteiger partial charge < -0.3 is 15.1 Å². The van der Waals surface area contributed by atoms with Gasteiger partial charge in [-0.25, -0.2) is 0 Å². The van der Waals surface area contributed by atoms with Crippen LogP contribution in [0.4, 0.5) is 5.82 Å². The Balaban J connectivity index is 1.01. The number of tetrazole rings is 1. The molecule has 1 aromatic carbocycles. The number of piperidine rings is 1. The first kappa shape index (κ1) is 20.1. The van der Waals surface area contributed by atoms with Crippen LogP contribution in [-0.2, 0) is 9.59 Å². The van der Waals surface area contributed by atoms with Gasteiger partial charge in [-0.3, -0.25) is 9.59 Å². The predicted octanol–water partition coefficient (Wildman–Crippen LogP) is 1.01. The van der Waals surface area contributed by atoms with Crippen LogP contribution in [0.3, 0.4) is 0 Å². The zero-order valence-corrected chi connectivity index (χ0v) is 18.2. The van der Waals surface area contributed by atoms with E-state index in [1.807, 2.05) is 35.2 Å². The molecule has 170 valence electrons. The molecule has 10 nitrogen and oxygen atoms in total. The van der Waals surface area contributed by atoms with Crippen molar-refractivity contribution in [3.05, 3.63) is 48.0 Å². The number of fused-ring (bicyclic) bond motifs is 1. The molecule has 10 heteroatoms. The first-order valence-corrected chi connectivity index (χ1v) is 11.6. The number of nitrogens with zero attached hydrogens (tertiary/aromatic N) is 7. The SMILES string of the molecule is O=C(NC1CC(=O)N(C2CC2c2ccccc2)C1)C1CCN(c2ccc3nnnn3n2)CC1. The van der Waals surface area contributed by atoms with E-state index in [9.17, 15) is 9.59 Å². The number of hydrogen-bond acceptors (Lipinski definition) is 7. The van der Waals surface area contributed by atoms with Crippen LogP contribution in [0.2, 0.25) is 0 Å². The van der Waals surface area contributed by atoms with Crippen molar-refractivity contribution in [3.63, 3.8) is 0 Å². The van der Waals surface area contributed by atoms with Crippen molar-refractivity contribution in [2.75, 3.05) is 24.5 Å². The molecule has 3 aliphatic rings. The van der Waals surface area contributed by atoms with E-state index in [0.717, 1.165) is 38.2 Å². The van der Waals surface area contributed by atoms with Gasteiger partial charge in [-0.1, -0.05) is 30.3 Å². The summed E-state index contributed by atoms with van der Waals surface area (Å²) in [5.74, 6) is 1.41. The number of aromatic nitrogens is 5. The Kier molecular flexibility index (Phi) is 4.92. The van der Waals surface area contributed by atoms with Gasteiger partial charge in [-0.05, 0) is 47.4 Å². The fourth-order valence-corrected chi connectivity index (χ4v) is 5.23. The van der Waals surface area contributed by atoms with Crippen molar-refractivity contribution in [2.45, 2.75) is 43.7 Å². The normalized spacial score (nSPS) is 25.6. The molecule has 3 unspecified atom stereocenters. The van der Waals surface area contributed by atoms with Gasteiger partial charge in [-0.15, -0.1) is 14.8 Å². The highest BCUT2D eigenvalue weighted by Crippen LogP contribution is 2.46. The molecule has 1 N–H and O–H groups in total. The van der Waals surface area contributed by atoms with E-state index in [0.29, 0.717) is 24.5 Å². The first-order chi connectivity index (χ1) is 16.2. The number of nitrogens with one attached hydrogen (secondary N) is 1. The zero-order chi connectivity index (χ0) is 22.4. The van der Waals surface area contributed by atoms with Crippen molar-refractivity contribution in [2.24, 2.45) is 5.92 Å². The van der Waals surface area contributed by atoms with Gasteiger partial charge in [0, 0.05) is 43.9 Å². The van der Waals surface area contributed by atoms with Gasteiger partial charge in [0.1, 0.15) is 0 Å².